The van der Waals surface area contributed by atoms with Gasteiger partial charge in [0.25, 0.3) is 0 Å². The van der Waals surface area contributed by atoms with E-state index in [4.69, 9.17) is 0 Å². The molecule has 0 fully saturated rings. The van der Waals surface area contributed by atoms with Gasteiger partial charge in [-0.15, -0.1) is 11.8 Å². The second kappa shape index (κ2) is 3.36. The summed E-state index contributed by atoms with van der Waals surface area (Å²) in [6.07, 6.45) is 3.63. The monoisotopic (exact) mass is 297 g/mol. The third kappa shape index (κ3) is 1.43. The van der Waals surface area contributed by atoms with E-state index in [1.165, 1.54) is 0 Å². The highest BCUT2D eigenvalue weighted by Gasteiger charge is 2.14. The van der Waals surface area contributed by atoms with Gasteiger partial charge in [0, 0.05) is 0 Å². The normalized spacial score (nSPS) is 14.3. The smallest absolute Gasteiger partial charge is 0.138 e. The quantitative estimate of drug-likeness (QED) is 0.454. The second-order valence-corrected chi connectivity index (χ2v) is 6.23. The molecule has 0 N–H and O–H groups in total. The Morgan fingerprint density at radius 3 is 3.27 bits per heavy atom. The summed E-state index contributed by atoms with van der Waals surface area (Å²) in [4.78, 5) is 8.27. The molecule has 0 saturated heterocycles. The van der Waals surface area contributed by atoms with Crippen LogP contribution in [0.4, 0.5) is 5.69 Å². The summed E-state index contributed by atoms with van der Waals surface area (Å²) in [5, 5.41) is 2.08. The standard InChI is InChI=1S/C5H4IN3S2/c1-10-4-3-5(8-2-7-4)11-6-9-3/h2H,1H3. The molecule has 1 aliphatic rings. The fourth-order valence-electron chi connectivity index (χ4n) is 0.710. The van der Waals surface area contributed by atoms with Gasteiger partial charge in [0.1, 0.15) is 22.1 Å². The van der Waals surface area contributed by atoms with Crippen molar-refractivity contribution in [3.63, 3.8) is 0 Å². The van der Waals surface area contributed by atoms with Crippen LogP contribution in [-0.2, 0) is 0 Å². The van der Waals surface area contributed by atoms with E-state index in [0.717, 1.165) is 15.7 Å². The van der Waals surface area contributed by atoms with Gasteiger partial charge < -0.3 is 0 Å². The third-order valence-corrected chi connectivity index (χ3v) is 5.36. The minimum Gasteiger partial charge on any atom is -0.228 e. The molecule has 2 rings (SSSR count). The van der Waals surface area contributed by atoms with Crippen molar-refractivity contribution in [2.75, 3.05) is 6.26 Å². The van der Waals surface area contributed by atoms with Crippen molar-refractivity contribution in [1.29, 1.82) is 0 Å². The van der Waals surface area contributed by atoms with Crippen molar-refractivity contribution in [2.45, 2.75) is 10.1 Å². The highest BCUT2D eigenvalue weighted by Crippen LogP contribution is 2.48. The number of thioether (sulfide) groups is 1. The van der Waals surface area contributed by atoms with Gasteiger partial charge in [-0.25, -0.2) is 13.1 Å². The van der Waals surface area contributed by atoms with Crippen LogP contribution in [0.2, 0.25) is 0 Å². The molecule has 2 heterocycles. The van der Waals surface area contributed by atoms with Gasteiger partial charge in [-0.3, -0.25) is 0 Å². The lowest BCUT2D eigenvalue weighted by Gasteiger charge is -1.97. The topological polar surface area (TPSA) is 38.1 Å². The summed E-state index contributed by atoms with van der Waals surface area (Å²) in [7, 11) is 1.78. The number of halogens is 1. The lowest BCUT2D eigenvalue weighted by Crippen LogP contribution is -1.83. The summed E-state index contributed by atoms with van der Waals surface area (Å²) in [6.45, 7) is 0. The molecule has 6 heteroatoms. The summed E-state index contributed by atoms with van der Waals surface area (Å²) < 4.78 is 4.40. The van der Waals surface area contributed by atoms with Gasteiger partial charge in [0.15, 0.2) is 0 Å². The molecule has 3 nitrogen and oxygen atoms in total. The Kier molecular flexibility index (Phi) is 2.42. The molecular formula is C5H4IN3S2. The van der Waals surface area contributed by atoms with Crippen LogP contribution in [0.25, 0.3) is 0 Å². The van der Waals surface area contributed by atoms with Gasteiger partial charge in [0.05, 0.1) is 19.6 Å². The molecule has 0 spiro atoms. The molecule has 58 valence electrons. The highest BCUT2D eigenvalue weighted by molar-refractivity contribution is 14.2. The molecule has 0 aromatic carbocycles. The largest absolute Gasteiger partial charge is 0.228 e. The number of nitrogens with zero attached hydrogens (tertiary/aromatic N) is 3. The van der Waals surface area contributed by atoms with Gasteiger partial charge in [0.2, 0.25) is 0 Å². The van der Waals surface area contributed by atoms with Gasteiger partial charge in [-0.05, 0) is 15.2 Å². The Bertz CT molecular complexity index is 315. The lowest BCUT2D eigenvalue weighted by molar-refractivity contribution is 0.970. The average Bonchev–Trinajstić information content (AvgIpc) is 2.50. The van der Waals surface area contributed by atoms with E-state index in [0.29, 0.717) is 0 Å². The first-order chi connectivity index (χ1) is 5.42. The molecule has 0 saturated carbocycles. The van der Waals surface area contributed by atoms with Crippen molar-refractivity contribution in [3.8, 4) is 0 Å². The Hall–Kier alpha value is 0.310. The van der Waals surface area contributed by atoms with Crippen LogP contribution in [-0.4, -0.2) is 16.2 Å². The van der Waals surface area contributed by atoms with Crippen molar-refractivity contribution in [3.05, 3.63) is 6.33 Å². The van der Waals surface area contributed by atoms with Gasteiger partial charge in [-0.2, -0.15) is 0 Å². The summed E-state index contributed by atoms with van der Waals surface area (Å²) in [5.41, 5.74) is 1.03. The minimum absolute atomic E-state index is 0.0846. The van der Waals surface area contributed by atoms with E-state index in [2.05, 4.69) is 13.1 Å². The Balaban J connectivity index is 2.57. The number of aromatic nitrogens is 2. The zero-order valence-electron chi connectivity index (χ0n) is 5.61. The summed E-state index contributed by atoms with van der Waals surface area (Å²) >= 11 is 1.55. The van der Waals surface area contributed by atoms with E-state index in [-0.39, 0.29) is 19.6 Å². The van der Waals surface area contributed by atoms with E-state index in [1.54, 1.807) is 27.0 Å². The number of rotatable bonds is 1. The van der Waals surface area contributed by atoms with Crippen molar-refractivity contribution in [1.82, 2.24) is 9.97 Å². The third-order valence-electron chi connectivity index (χ3n) is 1.18. The first-order valence-corrected chi connectivity index (χ1v) is 8.38. The van der Waals surface area contributed by atoms with Crippen LogP contribution in [0.3, 0.4) is 0 Å². The fraction of sp³-hybridized carbons (Fsp3) is 0.200. The van der Waals surface area contributed by atoms with Gasteiger partial charge >= 0.3 is 0 Å². The van der Waals surface area contributed by atoms with Crippen molar-refractivity contribution in [2.24, 2.45) is 3.15 Å². The number of fused-ring (bicyclic) bond motifs is 1. The Labute approximate surface area is 81.4 Å². The number of hydrogen-bond donors (Lipinski definition) is 0. The van der Waals surface area contributed by atoms with E-state index < -0.39 is 0 Å². The second-order valence-electron chi connectivity index (χ2n) is 1.77. The molecule has 11 heavy (non-hydrogen) atoms. The molecule has 0 aliphatic carbocycles. The van der Waals surface area contributed by atoms with Crippen LogP contribution in [0.1, 0.15) is 0 Å². The predicted molar refractivity (Wildman–Crippen MR) is 55.8 cm³/mol. The summed E-state index contributed by atoms with van der Waals surface area (Å²) in [6, 6.07) is 0. The van der Waals surface area contributed by atoms with E-state index in [1.807, 2.05) is 6.26 Å². The molecule has 1 aromatic rings. The average molecular weight is 297 g/mol. The van der Waals surface area contributed by atoms with Crippen LogP contribution >= 0.6 is 40.3 Å². The molecule has 0 atom stereocenters. The van der Waals surface area contributed by atoms with E-state index in [9.17, 15) is 0 Å². The zero-order valence-corrected chi connectivity index (χ0v) is 9.40. The van der Waals surface area contributed by atoms with Crippen LogP contribution in [0.5, 0.6) is 0 Å². The first-order valence-electron chi connectivity index (χ1n) is 2.83. The Morgan fingerprint density at radius 1 is 1.55 bits per heavy atom. The van der Waals surface area contributed by atoms with E-state index >= 15 is 0 Å². The zero-order chi connectivity index (χ0) is 7.68. The molecule has 1 aromatic heterocycles. The Morgan fingerprint density at radius 2 is 2.45 bits per heavy atom. The first kappa shape index (κ1) is 7.93. The lowest BCUT2D eigenvalue weighted by atomic mass is 10.6. The number of hydrogen-bond acceptors (Lipinski definition) is 5. The predicted octanol–water partition coefficient (Wildman–Crippen LogP) is 3.01. The minimum atomic E-state index is -0.0846. The molecule has 0 radical (unpaired) electrons. The fourth-order valence-corrected chi connectivity index (χ4v) is 4.93. The maximum atomic E-state index is 4.40. The van der Waals surface area contributed by atoms with Crippen LogP contribution < -0.4 is 0 Å². The molecule has 0 bridgehead atoms. The molecule has 0 unspecified atom stereocenters. The SMILES string of the molecule is CSc1ncnc2c1N=IS2. The van der Waals surface area contributed by atoms with Crippen LogP contribution in [0.15, 0.2) is 19.5 Å². The molecule has 0 amide bonds. The van der Waals surface area contributed by atoms with Gasteiger partial charge in [-0.1, -0.05) is 0 Å². The molecular weight excluding hydrogens is 293 g/mol. The van der Waals surface area contributed by atoms with Crippen molar-refractivity contribution >= 4 is 46.0 Å². The van der Waals surface area contributed by atoms with Crippen molar-refractivity contribution < 1.29 is 0 Å². The maximum absolute atomic E-state index is 4.40. The summed E-state index contributed by atoms with van der Waals surface area (Å²) in [5.74, 6) is 0. The maximum Gasteiger partial charge on any atom is 0.138 e. The van der Waals surface area contributed by atoms with Crippen LogP contribution in [0, 0.1) is 0 Å². The highest BCUT2D eigenvalue weighted by atomic mass is 127. The molecule has 1 aliphatic heterocycles.